The van der Waals surface area contributed by atoms with Crippen LogP contribution >= 0.6 is 0 Å². The number of hydrogen-bond donors (Lipinski definition) is 1. The van der Waals surface area contributed by atoms with Gasteiger partial charge in [0, 0.05) is 30.5 Å². The highest BCUT2D eigenvalue weighted by molar-refractivity contribution is 7.90. The van der Waals surface area contributed by atoms with Crippen molar-refractivity contribution >= 4 is 21.8 Å². The summed E-state index contributed by atoms with van der Waals surface area (Å²) in [6.07, 6.45) is 2.03. The van der Waals surface area contributed by atoms with Crippen LogP contribution in [-0.4, -0.2) is 42.2 Å². The molecule has 0 spiro atoms. The summed E-state index contributed by atoms with van der Waals surface area (Å²) in [6, 6.07) is 19.7. The number of carbonyl (C=O) groups is 1. The second kappa shape index (κ2) is 7.39. The van der Waals surface area contributed by atoms with Crippen molar-refractivity contribution < 1.29 is 13.2 Å². The maximum Gasteiger partial charge on any atom is 0.263 e. The first-order valence-corrected chi connectivity index (χ1v) is 11.6. The Morgan fingerprint density at radius 3 is 2.58 bits per heavy atom. The molecule has 5 rings (SSSR count). The molecular weight excluding hydrogens is 412 g/mol. The number of rotatable bonds is 3. The number of nitrogens with one attached hydrogen (secondary N) is 1. The number of hydrogen-bond acceptors (Lipinski definition) is 4. The van der Waals surface area contributed by atoms with Crippen molar-refractivity contribution in [1.29, 1.82) is 0 Å². The molecule has 8 heteroatoms. The molecule has 1 amide bonds. The lowest BCUT2D eigenvalue weighted by atomic mass is 9.99. The number of aromatic nitrogens is 1. The van der Waals surface area contributed by atoms with E-state index in [9.17, 15) is 13.2 Å². The third-order valence-corrected chi connectivity index (χ3v) is 7.18. The number of carbonyl (C=O) groups excluding carboxylic acids is 1. The molecule has 2 aliphatic heterocycles. The molecule has 0 saturated heterocycles. The fourth-order valence-corrected chi connectivity index (χ4v) is 5.56. The van der Waals surface area contributed by atoms with Gasteiger partial charge in [-0.1, -0.05) is 42.5 Å². The molecule has 0 saturated carbocycles. The number of sulfonamides is 1. The second-order valence-electron chi connectivity index (χ2n) is 7.73. The Morgan fingerprint density at radius 2 is 1.77 bits per heavy atom. The van der Waals surface area contributed by atoms with Gasteiger partial charge in [0.1, 0.15) is 11.9 Å². The first-order chi connectivity index (χ1) is 15.0. The number of amidine groups is 1. The molecule has 0 radical (unpaired) electrons. The summed E-state index contributed by atoms with van der Waals surface area (Å²) < 4.78 is 29.4. The van der Waals surface area contributed by atoms with E-state index in [4.69, 9.17) is 0 Å². The van der Waals surface area contributed by atoms with E-state index >= 15 is 0 Å². The van der Waals surface area contributed by atoms with Crippen molar-refractivity contribution in [2.45, 2.75) is 30.4 Å². The molecule has 1 unspecified atom stereocenters. The molecule has 1 aromatic heterocycles. The first kappa shape index (κ1) is 19.6. The Bertz CT molecular complexity index is 1280. The molecule has 7 nitrogen and oxygen atoms in total. The Labute approximate surface area is 181 Å². The Balaban J connectivity index is 1.49. The lowest BCUT2D eigenvalue weighted by Gasteiger charge is -2.38. The summed E-state index contributed by atoms with van der Waals surface area (Å²) in [5.41, 5.74) is 2.58. The van der Waals surface area contributed by atoms with Crippen LogP contribution in [-0.2, 0) is 21.4 Å². The fraction of sp³-hybridized carbons (Fsp3) is 0.217. The van der Waals surface area contributed by atoms with Crippen LogP contribution in [0.1, 0.15) is 29.8 Å². The average Bonchev–Trinajstić information content (AvgIpc) is 3.35. The third-order valence-electron chi connectivity index (χ3n) is 5.78. The Morgan fingerprint density at radius 1 is 1.03 bits per heavy atom. The van der Waals surface area contributed by atoms with Crippen LogP contribution in [0, 0.1) is 0 Å². The van der Waals surface area contributed by atoms with E-state index in [0.717, 1.165) is 11.3 Å². The largest absolute Gasteiger partial charge is 0.348 e. The van der Waals surface area contributed by atoms with E-state index in [1.807, 2.05) is 53.6 Å². The van der Waals surface area contributed by atoms with Crippen molar-refractivity contribution in [3.05, 3.63) is 89.7 Å². The summed E-state index contributed by atoms with van der Waals surface area (Å²) in [4.78, 5) is 20.0. The van der Waals surface area contributed by atoms with Crippen molar-refractivity contribution in [1.82, 2.24) is 14.2 Å². The van der Waals surface area contributed by atoms with Crippen LogP contribution < -0.4 is 4.72 Å². The standard InChI is InChI=1S/C23H22N4O3S/c1-16(24-22-18-10-5-6-12-20(18)31(29,30)25-22)23(28)27-15-14-26-13-7-11-19(26)21(27)17-8-3-2-4-9-17/h2-13,16,21H,14-15H2,1H3,(H,24,25)/t16-,21?/m0/s1. The highest BCUT2D eigenvalue weighted by Gasteiger charge is 2.36. The van der Waals surface area contributed by atoms with Gasteiger partial charge in [-0.2, -0.15) is 0 Å². The first-order valence-electron chi connectivity index (χ1n) is 10.2. The van der Waals surface area contributed by atoms with Crippen molar-refractivity contribution in [2.24, 2.45) is 4.99 Å². The van der Waals surface area contributed by atoms with Gasteiger partial charge in [-0.3, -0.25) is 14.5 Å². The molecule has 3 aromatic rings. The Kier molecular flexibility index (Phi) is 4.66. The van der Waals surface area contributed by atoms with E-state index in [1.165, 1.54) is 6.07 Å². The summed E-state index contributed by atoms with van der Waals surface area (Å²) in [6.45, 7) is 2.97. The highest BCUT2D eigenvalue weighted by atomic mass is 32.2. The molecule has 2 atom stereocenters. The molecule has 3 heterocycles. The van der Waals surface area contributed by atoms with E-state index < -0.39 is 16.1 Å². The maximum atomic E-state index is 13.5. The molecule has 0 aliphatic carbocycles. The minimum atomic E-state index is -3.65. The van der Waals surface area contributed by atoms with E-state index in [1.54, 1.807) is 25.1 Å². The molecule has 2 aliphatic rings. The zero-order chi connectivity index (χ0) is 21.6. The van der Waals surface area contributed by atoms with Gasteiger partial charge in [0.05, 0.1) is 10.9 Å². The number of benzene rings is 2. The van der Waals surface area contributed by atoms with Gasteiger partial charge < -0.3 is 9.47 Å². The monoisotopic (exact) mass is 434 g/mol. The van der Waals surface area contributed by atoms with Crippen LogP contribution in [0.4, 0.5) is 0 Å². The molecule has 158 valence electrons. The van der Waals surface area contributed by atoms with Crippen molar-refractivity contribution in [3.8, 4) is 0 Å². The molecule has 31 heavy (non-hydrogen) atoms. The Hall–Kier alpha value is -3.39. The minimum Gasteiger partial charge on any atom is -0.348 e. The number of amides is 1. The molecular formula is C23H22N4O3S. The SMILES string of the molecule is C[C@H](N=C1NS(=O)(=O)c2ccccc21)C(=O)N1CCn2cccc2C1c1ccccc1. The lowest BCUT2D eigenvalue weighted by molar-refractivity contribution is -0.134. The van der Waals surface area contributed by atoms with Crippen LogP contribution in [0.5, 0.6) is 0 Å². The zero-order valence-corrected chi connectivity index (χ0v) is 17.8. The summed E-state index contributed by atoms with van der Waals surface area (Å²) in [7, 11) is -3.65. The summed E-state index contributed by atoms with van der Waals surface area (Å²) >= 11 is 0. The number of fused-ring (bicyclic) bond motifs is 2. The zero-order valence-electron chi connectivity index (χ0n) is 17.0. The van der Waals surface area contributed by atoms with Crippen LogP contribution in [0.15, 0.2) is 82.8 Å². The van der Waals surface area contributed by atoms with Gasteiger partial charge in [0.2, 0.25) is 5.91 Å². The maximum absolute atomic E-state index is 13.5. The third kappa shape index (κ3) is 3.33. The number of aliphatic imine (C=N–C) groups is 1. The predicted octanol–water partition coefficient (Wildman–Crippen LogP) is 2.55. The summed E-state index contributed by atoms with van der Waals surface area (Å²) in [5.74, 6) is 0.0745. The van der Waals surface area contributed by atoms with Crippen LogP contribution in [0.3, 0.4) is 0 Å². The van der Waals surface area contributed by atoms with Gasteiger partial charge in [0.15, 0.2) is 0 Å². The normalized spacial score (nSPS) is 21.3. The van der Waals surface area contributed by atoms with Gasteiger partial charge in [0.25, 0.3) is 10.0 Å². The molecule has 0 fully saturated rings. The lowest BCUT2D eigenvalue weighted by Crippen LogP contribution is -2.46. The number of nitrogens with zero attached hydrogens (tertiary/aromatic N) is 3. The fourth-order valence-electron chi connectivity index (χ4n) is 4.33. The second-order valence-corrected chi connectivity index (χ2v) is 9.38. The van der Waals surface area contributed by atoms with Gasteiger partial charge in [-0.25, -0.2) is 8.42 Å². The van der Waals surface area contributed by atoms with E-state index in [0.29, 0.717) is 18.7 Å². The van der Waals surface area contributed by atoms with Gasteiger partial charge >= 0.3 is 0 Å². The molecule has 1 N–H and O–H groups in total. The van der Waals surface area contributed by atoms with Crippen molar-refractivity contribution in [3.63, 3.8) is 0 Å². The molecule has 2 aromatic carbocycles. The van der Waals surface area contributed by atoms with Crippen LogP contribution in [0.25, 0.3) is 0 Å². The quantitative estimate of drug-likeness (QED) is 0.688. The highest BCUT2D eigenvalue weighted by Crippen LogP contribution is 2.33. The topological polar surface area (TPSA) is 83.8 Å². The molecule has 0 bridgehead atoms. The van der Waals surface area contributed by atoms with Gasteiger partial charge in [-0.15, -0.1) is 0 Å². The van der Waals surface area contributed by atoms with E-state index in [2.05, 4.69) is 14.3 Å². The van der Waals surface area contributed by atoms with Crippen molar-refractivity contribution in [2.75, 3.05) is 6.54 Å². The minimum absolute atomic E-state index is 0.141. The van der Waals surface area contributed by atoms with E-state index in [-0.39, 0.29) is 22.7 Å². The van der Waals surface area contributed by atoms with Gasteiger partial charge in [-0.05, 0) is 36.8 Å². The summed E-state index contributed by atoms with van der Waals surface area (Å²) in [5, 5.41) is 0. The predicted molar refractivity (Wildman–Crippen MR) is 117 cm³/mol. The van der Waals surface area contributed by atoms with Crippen LogP contribution in [0.2, 0.25) is 0 Å². The smallest absolute Gasteiger partial charge is 0.263 e. The average molecular weight is 435 g/mol.